The highest BCUT2D eigenvalue weighted by Gasteiger charge is 2.19. The molecule has 0 aromatic carbocycles. The lowest BCUT2D eigenvalue weighted by Gasteiger charge is -2.16. The van der Waals surface area contributed by atoms with Crippen LogP contribution in [-0.2, 0) is 38.1 Å². The fourth-order valence-corrected chi connectivity index (χ4v) is 7.02. The molecule has 0 aliphatic heterocycles. The Kier molecular flexibility index (Phi) is 39.5. The first-order chi connectivity index (χ1) is 27.2. The van der Waals surface area contributed by atoms with Gasteiger partial charge in [0.25, 0.3) is 0 Å². The molecule has 2 atom stereocenters. The van der Waals surface area contributed by atoms with Gasteiger partial charge in [-0.3, -0.25) is 19.2 Å². The molecule has 0 heterocycles. The molecule has 0 N–H and O–H groups in total. The third kappa shape index (κ3) is 37.5. The second kappa shape index (κ2) is 41.1. The van der Waals surface area contributed by atoms with Gasteiger partial charge in [0.15, 0.2) is 0 Å². The summed E-state index contributed by atoms with van der Waals surface area (Å²) < 4.78 is 22.1. The third-order valence-electron chi connectivity index (χ3n) is 10.8. The van der Waals surface area contributed by atoms with Crippen molar-refractivity contribution >= 4 is 23.9 Å². The van der Waals surface area contributed by atoms with E-state index in [0.29, 0.717) is 38.7 Å². The Morgan fingerprint density at radius 2 is 0.750 bits per heavy atom. The van der Waals surface area contributed by atoms with E-state index in [1.54, 1.807) is 0 Å². The van der Waals surface area contributed by atoms with Crippen molar-refractivity contribution in [2.75, 3.05) is 19.8 Å². The van der Waals surface area contributed by atoms with Crippen LogP contribution >= 0.6 is 0 Å². The standard InChI is InChI=1S/C48H90O8/c1-6-9-12-15-18-20-26-33-43(5)56-47(51)38-31-25-30-37-46(50)55-41-42(4)40-54-45(49)36-29-23-19-24-32-39-53-48(52)44(34-27-21-16-13-10-7-2)35-28-22-17-14-11-8-3/h42-44H,6-41H2,1-5H3. The number of esters is 4. The lowest BCUT2D eigenvalue weighted by molar-refractivity contribution is -0.150. The highest BCUT2D eigenvalue weighted by molar-refractivity contribution is 5.72. The molecule has 0 aromatic rings. The summed E-state index contributed by atoms with van der Waals surface area (Å²) in [5.74, 6) is -0.647. The molecule has 0 saturated heterocycles. The smallest absolute Gasteiger partial charge is 0.308 e. The summed E-state index contributed by atoms with van der Waals surface area (Å²) >= 11 is 0. The van der Waals surface area contributed by atoms with Crippen LogP contribution in [0, 0.1) is 11.8 Å². The molecule has 0 amide bonds. The highest BCUT2D eigenvalue weighted by Crippen LogP contribution is 2.21. The summed E-state index contributed by atoms with van der Waals surface area (Å²) in [6, 6.07) is 0. The van der Waals surface area contributed by atoms with Crippen LogP contribution in [0.25, 0.3) is 0 Å². The molecule has 0 bridgehead atoms. The van der Waals surface area contributed by atoms with Crippen molar-refractivity contribution < 1.29 is 38.1 Å². The first kappa shape index (κ1) is 53.9. The van der Waals surface area contributed by atoms with Crippen LogP contribution in [0.4, 0.5) is 0 Å². The zero-order valence-electron chi connectivity index (χ0n) is 37.5. The van der Waals surface area contributed by atoms with E-state index in [1.165, 1.54) is 103 Å². The van der Waals surface area contributed by atoms with Gasteiger partial charge in [0.2, 0.25) is 0 Å². The predicted octanol–water partition coefficient (Wildman–Crippen LogP) is 13.7. The Morgan fingerprint density at radius 3 is 1.21 bits per heavy atom. The van der Waals surface area contributed by atoms with Crippen molar-refractivity contribution in [1.29, 1.82) is 0 Å². The van der Waals surface area contributed by atoms with Crippen molar-refractivity contribution in [2.45, 2.75) is 253 Å². The van der Waals surface area contributed by atoms with Gasteiger partial charge >= 0.3 is 23.9 Å². The minimum absolute atomic E-state index is 0.00321. The minimum Gasteiger partial charge on any atom is -0.465 e. The van der Waals surface area contributed by atoms with Gasteiger partial charge in [0, 0.05) is 25.2 Å². The van der Waals surface area contributed by atoms with E-state index in [0.717, 1.165) is 77.0 Å². The first-order valence-electron chi connectivity index (χ1n) is 23.9. The van der Waals surface area contributed by atoms with Gasteiger partial charge in [-0.05, 0) is 58.3 Å². The Hall–Kier alpha value is -2.12. The lowest BCUT2D eigenvalue weighted by Crippen LogP contribution is -2.19. The van der Waals surface area contributed by atoms with Crippen LogP contribution in [0.5, 0.6) is 0 Å². The lowest BCUT2D eigenvalue weighted by atomic mass is 9.94. The average molecular weight is 795 g/mol. The van der Waals surface area contributed by atoms with E-state index in [1.807, 2.05) is 13.8 Å². The van der Waals surface area contributed by atoms with E-state index < -0.39 is 0 Å². The number of carbonyl (C=O) groups is 4. The second-order valence-electron chi connectivity index (χ2n) is 16.7. The molecular weight excluding hydrogens is 705 g/mol. The highest BCUT2D eigenvalue weighted by atomic mass is 16.6. The number of carbonyl (C=O) groups excluding carboxylic acids is 4. The fraction of sp³-hybridized carbons (Fsp3) is 0.917. The zero-order chi connectivity index (χ0) is 41.3. The zero-order valence-corrected chi connectivity index (χ0v) is 37.5. The van der Waals surface area contributed by atoms with Gasteiger partial charge in [-0.1, -0.05) is 169 Å². The van der Waals surface area contributed by atoms with Gasteiger partial charge in [-0.25, -0.2) is 0 Å². The van der Waals surface area contributed by atoms with Crippen LogP contribution in [-0.4, -0.2) is 49.8 Å². The molecule has 0 aliphatic carbocycles. The van der Waals surface area contributed by atoms with Gasteiger partial charge in [-0.15, -0.1) is 0 Å². The number of rotatable bonds is 42. The molecule has 0 spiro atoms. The SMILES string of the molecule is CCCCCCCCCC(C)OC(=O)CCCCCC(=O)OCC(C)COC(=O)CCCCCCCOC(=O)C(CCCCCCCC)CCCCCCCC. The predicted molar refractivity (Wildman–Crippen MR) is 230 cm³/mol. The van der Waals surface area contributed by atoms with Crippen LogP contribution in [0.2, 0.25) is 0 Å². The Bertz CT molecular complexity index is 905. The Labute approximate surface area is 345 Å². The number of ether oxygens (including phenoxy) is 4. The summed E-state index contributed by atoms with van der Waals surface area (Å²) in [4.78, 5) is 49.4. The van der Waals surface area contributed by atoms with Gasteiger partial charge < -0.3 is 18.9 Å². The maximum absolute atomic E-state index is 12.9. The largest absolute Gasteiger partial charge is 0.465 e. The van der Waals surface area contributed by atoms with E-state index >= 15 is 0 Å². The first-order valence-corrected chi connectivity index (χ1v) is 23.9. The molecule has 330 valence electrons. The molecule has 2 unspecified atom stereocenters. The summed E-state index contributed by atoms with van der Waals surface area (Å²) in [6.07, 6.45) is 34.3. The molecule has 8 heteroatoms. The number of hydrogen-bond acceptors (Lipinski definition) is 8. The van der Waals surface area contributed by atoms with Gasteiger partial charge in [0.05, 0.1) is 31.8 Å². The molecule has 0 rings (SSSR count). The van der Waals surface area contributed by atoms with Crippen molar-refractivity contribution in [3.8, 4) is 0 Å². The van der Waals surface area contributed by atoms with E-state index in [4.69, 9.17) is 18.9 Å². The molecular formula is C48H90O8. The van der Waals surface area contributed by atoms with Crippen LogP contribution in [0.15, 0.2) is 0 Å². The van der Waals surface area contributed by atoms with E-state index in [2.05, 4.69) is 20.8 Å². The second-order valence-corrected chi connectivity index (χ2v) is 16.7. The van der Waals surface area contributed by atoms with Crippen molar-refractivity contribution in [2.24, 2.45) is 11.8 Å². The number of hydrogen-bond donors (Lipinski definition) is 0. The van der Waals surface area contributed by atoms with Crippen LogP contribution in [0.3, 0.4) is 0 Å². The molecule has 0 aliphatic rings. The summed E-state index contributed by atoms with van der Waals surface area (Å²) in [5, 5.41) is 0. The average Bonchev–Trinajstić information content (AvgIpc) is 3.18. The normalized spacial score (nSPS) is 12.4. The molecule has 56 heavy (non-hydrogen) atoms. The van der Waals surface area contributed by atoms with Crippen LogP contribution in [0.1, 0.15) is 247 Å². The molecule has 0 radical (unpaired) electrons. The quantitative estimate of drug-likeness (QED) is 0.0342. The molecule has 8 nitrogen and oxygen atoms in total. The Balaban J connectivity index is 3.89. The summed E-state index contributed by atoms with van der Waals surface area (Å²) in [5.41, 5.74) is 0. The monoisotopic (exact) mass is 795 g/mol. The third-order valence-corrected chi connectivity index (χ3v) is 10.8. The summed E-state index contributed by atoms with van der Waals surface area (Å²) in [6.45, 7) is 11.5. The fourth-order valence-electron chi connectivity index (χ4n) is 7.02. The van der Waals surface area contributed by atoms with E-state index in [-0.39, 0.29) is 55.0 Å². The van der Waals surface area contributed by atoms with Crippen molar-refractivity contribution in [1.82, 2.24) is 0 Å². The minimum atomic E-state index is -0.259. The molecule has 0 saturated carbocycles. The topological polar surface area (TPSA) is 105 Å². The summed E-state index contributed by atoms with van der Waals surface area (Å²) in [7, 11) is 0. The van der Waals surface area contributed by atoms with E-state index in [9.17, 15) is 19.2 Å². The number of unbranched alkanes of at least 4 members (excludes halogenated alkanes) is 22. The van der Waals surface area contributed by atoms with Crippen molar-refractivity contribution in [3.63, 3.8) is 0 Å². The molecule has 0 aromatic heterocycles. The maximum atomic E-state index is 12.9. The van der Waals surface area contributed by atoms with Gasteiger partial charge in [-0.2, -0.15) is 0 Å². The van der Waals surface area contributed by atoms with Crippen LogP contribution < -0.4 is 0 Å². The molecule has 0 fully saturated rings. The maximum Gasteiger partial charge on any atom is 0.308 e. The Morgan fingerprint density at radius 1 is 0.393 bits per heavy atom. The van der Waals surface area contributed by atoms with Gasteiger partial charge in [0.1, 0.15) is 0 Å². The van der Waals surface area contributed by atoms with Crippen molar-refractivity contribution in [3.05, 3.63) is 0 Å².